The number of carbonyl (C=O) groups excluding carboxylic acids is 2. The molecule has 2 heterocycles. The lowest BCUT2D eigenvalue weighted by Gasteiger charge is -2.34. The number of benzene rings is 2. The SMILES string of the molecule is O=C(N[C@@H]1CCC[C@@H]1C(=O)N1CC2CC1C2C(=O)O)OCC1c2ccccc2-c2ccccc21. The molecule has 2 aliphatic heterocycles. The molecule has 4 fully saturated rings. The van der Waals surface area contributed by atoms with Crippen molar-refractivity contribution in [1.82, 2.24) is 10.2 Å². The quantitative estimate of drug-likeness (QED) is 0.711. The Hall–Kier alpha value is -3.35. The monoisotopic (exact) mass is 460 g/mol. The van der Waals surface area contributed by atoms with Crippen LogP contribution in [0.4, 0.5) is 4.79 Å². The maximum absolute atomic E-state index is 13.2. The molecule has 2 bridgehead atoms. The van der Waals surface area contributed by atoms with Gasteiger partial charge in [0.25, 0.3) is 0 Å². The molecule has 2 N–H and O–H groups in total. The van der Waals surface area contributed by atoms with Crippen LogP contribution in [-0.2, 0) is 14.3 Å². The van der Waals surface area contributed by atoms with Gasteiger partial charge in [0.15, 0.2) is 0 Å². The first-order valence-corrected chi connectivity index (χ1v) is 12.2. The molecular formula is C27H28N2O5. The fraction of sp³-hybridized carbons (Fsp3) is 0.444. The number of fused-ring (bicyclic) bond motifs is 4. The normalized spacial score (nSPS) is 28.7. The molecule has 0 aromatic heterocycles. The summed E-state index contributed by atoms with van der Waals surface area (Å²) in [5.41, 5.74) is 4.67. The van der Waals surface area contributed by atoms with Gasteiger partial charge in [0, 0.05) is 24.5 Å². The number of rotatable bonds is 5. The van der Waals surface area contributed by atoms with Crippen molar-refractivity contribution in [1.29, 1.82) is 0 Å². The summed E-state index contributed by atoms with van der Waals surface area (Å²) in [5, 5.41) is 12.4. The highest BCUT2D eigenvalue weighted by Crippen LogP contribution is 2.48. The molecule has 0 spiro atoms. The van der Waals surface area contributed by atoms with E-state index in [1.54, 1.807) is 4.90 Å². The van der Waals surface area contributed by atoms with Crippen LogP contribution in [0.5, 0.6) is 0 Å². The molecule has 0 radical (unpaired) electrons. The summed E-state index contributed by atoms with van der Waals surface area (Å²) < 4.78 is 5.68. The third kappa shape index (κ3) is 3.29. The summed E-state index contributed by atoms with van der Waals surface area (Å²) in [4.78, 5) is 39.2. The van der Waals surface area contributed by atoms with Crippen LogP contribution in [0.15, 0.2) is 48.5 Å². The molecule has 2 saturated heterocycles. The molecule has 3 unspecified atom stereocenters. The van der Waals surface area contributed by atoms with Crippen LogP contribution in [0.2, 0.25) is 0 Å². The predicted octanol–water partition coefficient (Wildman–Crippen LogP) is 3.63. The lowest BCUT2D eigenvalue weighted by atomic mass is 9.74. The van der Waals surface area contributed by atoms with Gasteiger partial charge in [0.1, 0.15) is 6.61 Å². The molecule has 7 nitrogen and oxygen atoms in total. The fourth-order valence-corrected chi connectivity index (χ4v) is 6.67. The van der Waals surface area contributed by atoms with E-state index in [2.05, 4.69) is 29.6 Å². The molecular weight excluding hydrogens is 432 g/mol. The van der Waals surface area contributed by atoms with Crippen LogP contribution in [0.1, 0.15) is 42.7 Å². The standard InChI is InChI=1S/C27H28N2O5/c30-25(29-13-15-12-23(29)24(15)26(31)32)20-10-5-11-22(20)28-27(33)34-14-21-18-8-3-1-6-16(18)17-7-2-4-9-19(17)21/h1-4,6-9,15,20-24H,5,10-14H2,(H,28,33)(H,31,32)/t15?,20-,22+,23?,24?/m0/s1. The van der Waals surface area contributed by atoms with Crippen LogP contribution < -0.4 is 5.32 Å². The number of alkyl carbamates (subject to hydrolysis) is 1. The van der Waals surface area contributed by atoms with E-state index in [9.17, 15) is 19.5 Å². The zero-order valence-corrected chi connectivity index (χ0v) is 18.9. The Morgan fingerprint density at radius 2 is 1.68 bits per heavy atom. The Kier molecular flexibility index (Phi) is 5.08. The summed E-state index contributed by atoms with van der Waals surface area (Å²) in [5.74, 6) is -1.51. The van der Waals surface area contributed by atoms with E-state index in [1.807, 2.05) is 24.3 Å². The summed E-state index contributed by atoms with van der Waals surface area (Å²) in [7, 11) is 0. The number of nitrogens with zero attached hydrogens (tertiary/aromatic N) is 1. The van der Waals surface area contributed by atoms with Crippen molar-refractivity contribution in [2.45, 2.75) is 43.7 Å². The van der Waals surface area contributed by atoms with E-state index < -0.39 is 18.0 Å². The summed E-state index contributed by atoms with van der Waals surface area (Å²) in [6.07, 6.45) is 2.57. The minimum absolute atomic E-state index is 0.0106. The molecule has 5 atom stereocenters. The lowest BCUT2D eigenvalue weighted by Crippen LogP contribution is -2.49. The summed E-state index contributed by atoms with van der Waals surface area (Å²) in [6.45, 7) is 0.760. The van der Waals surface area contributed by atoms with Gasteiger partial charge in [-0.15, -0.1) is 0 Å². The third-order valence-electron chi connectivity index (χ3n) is 8.35. The highest BCUT2D eigenvalue weighted by molar-refractivity contribution is 5.84. The number of hydrogen-bond acceptors (Lipinski definition) is 4. The van der Waals surface area contributed by atoms with Crippen LogP contribution in [0.25, 0.3) is 11.1 Å². The molecule has 2 aromatic carbocycles. The second-order valence-electron chi connectivity index (χ2n) is 10.0. The summed E-state index contributed by atoms with van der Waals surface area (Å²) >= 11 is 0. The molecule has 5 aliphatic rings. The molecule has 7 rings (SSSR count). The number of ether oxygens (including phenoxy) is 1. The lowest BCUT2D eigenvalue weighted by molar-refractivity contribution is -0.149. The van der Waals surface area contributed by atoms with Crippen molar-refractivity contribution in [2.24, 2.45) is 17.8 Å². The number of nitrogens with one attached hydrogen (secondary N) is 1. The van der Waals surface area contributed by atoms with E-state index in [0.29, 0.717) is 13.0 Å². The van der Waals surface area contributed by atoms with Crippen molar-refractivity contribution in [3.8, 4) is 11.1 Å². The molecule has 176 valence electrons. The first-order chi connectivity index (χ1) is 16.5. The summed E-state index contributed by atoms with van der Waals surface area (Å²) in [6, 6.07) is 15.9. The van der Waals surface area contributed by atoms with Crippen LogP contribution in [-0.4, -0.2) is 53.2 Å². The van der Waals surface area contributed by atoms with Gasteiger partial charge >= 0.3 is 12.1 Å². The molecule has 7 heteroatoms. The van der Waals surface area contributed by atoms with Crippen molar-refractivity contribution in [2.75, 3.05) is 13.2 Å². The topological polar surface area (TPSA) is 95.9 Å². The number of amides is 2. The highest BCUT2D eigenvalue weighted by Gasteiger charge is 2.58. The van der Waals surface area contributed by atoms with E-state index in [4.69, 9.17) is 4.74 Å². The van der Waals surface area contributed by atoms with E-state index in [-0.39, 0.29) is 42.4 Å². The predicted molar refractivity (Wildman–Crippen MR) is 124 cm³/mol. The van der Waals surface area contributed by atoms with Gasteiger partial charge < -0.3 is 20.1 Å². The van der Waals surface area contributed by atoms with E-state index >= 15 is 0 Å². The van der Waals surface area contributed by atoms with Crippen LogP contribution >= 0.6 is 0 Å². The minimum atomic E-state index is -0.809. The zero-order valence-electron chi connectivity index (χ0n) is 18.9. The van der Waals surface area contributed by atoms with Gasteiger partial charge in [0.05, 0.1) is 11.8 Å². The minimum Gasteiger partial charge on any atom is -0.481 e. The van der Waals surface area contributed by atoms with Crippen LogP contribution in [0, 0.1) is 17.8 Å². The maximum atomic E-state index is 13.2. The van der Waals surface area contributed by atoms with Gasteiger partial charge in [-0.25, -0.2) is 4.79 Å². The molecule has 34 heavy (non-hydrogen) atoms. The second-order valence-corrected chi connectivity index (χ2v) is 10.0. The Morgan fingerprint density at radius 3 is 2.32 bits per heavy atom. The van der Waals surface area contributed by atoms with Gasteiger partial charge in [-0.2, -0.15) is 0 Å². The average Bonchev–Trinajstić information content (AvgIpc) is 3.59. The molecule has 2 amide bonds. The Labute approximate surface area is 198 Å². The Balaban J connectivity index is 1.09. The van der Waals surface area contributed by atoms with Crippen molar-refractivity contribution in [3.05, 3.63) is 59.7 Å². The average molecular weight is 461 g/mol. The zero-order chi connectivity index (χ0) is 23.4. The van der Waals surface area contributed by atoms with E-state index in [1.165, 1.54) is 11.1 Å². The number of hydrogen-bond donors (Lipinski definition) is 2. The largest absolute Gasteiger partial charge is 0.481 e. The fourth-order valence-electron chi connectivity index (χ4n) is 6.67. The van der Waals surface area contributed by atoms with Gasteiger partial charge in [-0.1, -0.05) is 55.0 Å². The second kappa shape index (κ2) is 8.15. The molecule has 2 saturated carbocycles. The smallest absolute Gasteiger partial charge is 0.407 e. The first-order valence-electron chi connectivity index (χ1n) is 12.2. The number of carboxylic acids is 1. The van der Waals surface area contributed by atoms with Gasteiger partial charge in [-0.3, -0.25) is 9.59 Å². The van der Waals surface area contributed by atoms with Gasteiger partial charge in [0.2, 0.25) is 5.91 Å². The number of carbonyl (C=O) groups is 3. The number of carboxylic acid groups (broad SMARTS) is 1. The van der Waals surface area contributed by atoms with Crippen molar-refractivity contribution in [3.63, 3.8) is 0 Å². The van der Waals surface area contributed by atoms with E-state index in [0.717, 1.165) is 30.4 Å². The van der Waals surface area contributed by atoms with Gasteiger partial charge in [-0.05, 0) is 47.4 Å². The molecule has 2 aromatic rings. The number of aliphatic carboxylic acids is 1. The van der Waals surface area contributed by atoms with Crippen LogP contribution in [0.3, 0.4) is 0 Å². The van der Waals surface area contributed by atoms with Crippen molar-refractivity contribution >= 4 is 18.0 Å². The maximum Gasteiger partial charge on any atom is 0.407 e. The van der Waals surface area contributed by atoms with Crippen molar-refractivity contribution < 1.29 is 24.2 Å². The first kappa shape index (κ1) is 21.2. The Morgan fingerprint density at radius 1 is 1.00 bits per heavy atom. The third-order valence-corrected chi connectivity index (χ3v) is 8.35. The highest BCUT2D eigenvalue weighted by atomic mass is 16.5. The Bertz CT molecular complexity index is 1120. The molecule has 3 aliphatic carbocycles.